The first-order valence-corrected chi connectivity index (χ1v) is 10.2. The predicted molar refractivity (Wildman–Crippen MR) is 111 cm³/mol. The molecule has 0 atom stereocenters. The van der Waals surface area contributed by atoms with Crippen molar-refractivity contribution < 1.29 is 9.53 Å². The second-order valence-corrected chi connectivity index (χ2v) is 7.61. The molecule has 6 heteroatoms. The number of benzene rings is 2. The minimum absolute atomic E-state index is 0.0145. The second kappa shape index (κ2) is 7.90. The lowest BCUT2D eigenvalue weighted by molar-refractivity contribution is 0.101. The first kappa shape index (κ1) is 17.7. The van der Waals surface area contributed by atoms with E-state index in [-0.39, 0.29) is 11.5 Å². The highest BCUT2D eigenvalue weighted by molar-refractivity contribution is 8.00. The summed E-state index contributed by atoms with van der Waals surface area (Å²) in [4.78, 5) is 22.5. The van der Waals surface area contributed by atoms with E-state index >= 15 is 0 Å². The van der Waals surface area contributed by atoms with E-state index in [0.717, 1.165) is 26.4 Å². The Balaban J connectivity index is 1.65. The fourth-order valence-corrected chi connectivity index (χ4v) is 4.75. The molecule has 0 amide bonds. The SMILES string of the molecule is COc1ccccc1C(=O)CSc1ncnc2scc(-c3ccccc3)c12. The number of fused-ring (bicyclic) bond motifs is 1. The van der Waals surface area contributed by atoms with E-state index in [1.54, 1.807) is 36.9 Å². The van der Waals surface area contributed by atoms with Crippen LogP contribution in [0, 0.1) is 0 Å². The smallest absolute Gasteiger partial charge is 0.176 e. The lowest BCUT2D eigenvalue weighted by atomic mass is 10.1. The number of hydrogen-bond acceptors (Lipinski definition) is 6. The van der Waals surface area contributed by atoms with Gasteiger partial charge in [-0.2, -0.15) is 0 Å². The van der Waals surface area contributed by atoms with Crippen LogP contribution in [0.15, 0.2) is 71.3 Å². The van der Waals surface area contributed by atoms with Gasteiger partial charge in [0.1, 0.15) is 21.9 Å². The zero-order valence-electron chi connectivity index (χ0n) is 14.6. The maximum absolute atomic E-state index is 12.7. The van der Waals surface area contributed by atoms with Gasteiger partial charge in [0.05, 0.1) is 23.8 Å². The minimum atomic E-state index is 0.0145. The topological polar surface area (TPSA) is 52.1 Å². The van der Waals surface area contributed by atoms with Crippen molar-refractivity contribution in [2.24, 2.45) is 0 Å². The highest BCUT2D eigenvalue weighted by atomic mass is 32.2. The van der Waals surface area contributed by atoms with Crippen LogP contribution in [0.5, 0.6) is 5.75 Å². The van der Waals surface area contributed by atoms with Crippen LogP contribution in [-0.2, 0) is 0 Å². The summed E-state index contributed by atoms with van der Waals surface area (Å²) in [5.41, 5.74) is 2.81. The predicted octanol–water partition coefficient (Wildman–Crippen LogP) is 5.34. The average Bonchev–Trinajstić information content (AvgIpc) is 3.17. The van der Waals surface area contributed by atoms with Gasteiger partial charge in [0.2, 0.25) is 0 Å². The van der Waals surface area contributed by atoms with E-state index < -0.39 is 0 Å². The molecular weight excluding hydrogens is 376 g/mol. The molecule has 4 aromatic rings. The lowest BCUT2D eigenvalue weighted by Crippen LogP contribution is -2.05. The molecule has 2 heterocycles. The van der Waals surface area contributed by atoms with E-state index in [9.17, 15) is 4.79 Å². The van der Waals surface area contributed by atoms with Crippen molar-refractivity contribution in [2.45, 2.75) is 5.03 Å². The van der Waals surface area contributed by atoms with E-state index in [1.807, 2.05) is 30.3 Å². The van der Waals surface area contributed by atoms with Crippen LogP contribution >= 0.6 is 23.1 Å². The number of ether oxygens (including phenoxy) is 1. The standard InChI is InChI=1S/C21H16N2O2S2/c1-25-18-10-6-5-9-15(18)17(24)12-27-21-19-16(14-7-3-2-4-8-14)11-26-20(19)22-13-23-21/h2-11,13H,12H2,1H3. The van der Waals surface area contributed by atoms with Crippen molar-refractivity contribution in [3.8, 4) is 16.9 Å². The van der Waals surface area contributed by atoms with Crippen molar-refractivity contribution >= 4 is 39.1 Å². The van der Waals surface area contributed by atoms with Crippen molar-refractivity contribution in [1.82, 2.24) is 9.97 Å². The number of hydrogen-bond donors (Lipinski definition) is 0. The Morgan fingerprint density at radius 2 is 1.85 bits per heavy atom. The van der Waals surface area contributed by atoms with Gasteiger partial charge in [0, 0.05) is 10.9 Å². The van der Waals surface area contributed by atoms with E-state index in [2.05, 4.69) is 27.5 Å². The summed E-state index contributed by atoms with van der Waals surface area (Å²) in [6.07, 6.45) is 1.56. The minimum Gasteiger partial charge on any atom is -0.496 e. The van der Waals surface area contributed by atoms with Gasteiger partial charge in [0.25, 0.3) is 0 Å². The van der Waals surface area contributed by atoms with E-state index in [0.29, 0.717) is 11.3 Å². The quantitative estimate of drug-likeness (QED) is 0.252. The number of carbonyl (C=O) groups is 1. The molecule has 0 unspecified atom stereocenters. The second-order valence-electron chi connectivity index (χ2n) is 5.79. The molecule has 0 aliphatic rings. The molecule has 0 saturated heterocycles. The van der Waals surface area contributed by atoms with Gasteiger partial charge in [-0.05, 0) is 17.7 Å². The van der Waals surface area contributed by atoms with Crippen LogP contribution in [0.4, 0.5) is 0 Å². The monoisotopic (exact) mass is 392 g/mol. The van der Waals surface area contributed by atoms with E-state index in [4.69, 9.17) is 4.74 Å². The maximum Gasteiger partial charge on any atom is 0.176 e. The Labute approximate surface area is 165 Å². The fourth-order valence-electron chi connectivity index (χ4n) is 2.87. The summed E-state index contributed by atoms with van der Waals surface area (Å²) < 4.78 is 5.30. The summed E-state index contributed by atoms with van der Waals surface area (Å²) in [6, 6.07) is 17.5. The Morgan fingerprint density at radius 1 is 1.07 bits per heavy atom. The van der Waals surface area contributed by atoms with Crippen molar-refractivity contribution in [1.29, 1.82) is 0 Å². The van der Waals surface area contributed by atoms with Crippen LogP contribution < -0.4 is 4.74 Å². The number of aromatic nitrogens is 2. The number of nitrogens with zero attached hydrogens (tertiary/aromatic N) is 2. The zero-order valence-corrected chi connectivity index (χ0v) is 16.2. The fraction of sp³-hybridized carbons (Fsp3) is 0.0952. The maximum atomic E-state index is 12.7. The summed E-state index contributed by atoms with van der Waals surface area (Å²) >= 11 is 3.03. The first-order valence-electron chi connectivity index (χ1n) is 8.34. The molecule has 0 aliphatic heterocycles. The molecule has 0 spiro atoms. The molecule has 2 aromatic carbocycles. The molecule has 0 aliphatic carbocycles. The molecule has 0 N–H and O–H groups in total. The number of rotatable bonds is 6. The molecular formula is C21H16N2O2S2. The van der Waals surface area contributed by atoms with Crippen molar-refractivity contribution in [3.05, 3.63) is 71.9 Å². The Morgan fingerprint density at radius 3 is 2.67 bits per heavy atom. The first-order chi connectivity index (χ1) is 13.3. The summed E-state index contributed by atoms with van der Waals surface area (Å²) in [5, 5.41) is 3.93. The number of thioether (sulfide) groups is 1. The number of thiophene rings is 1. The van der Waals surface area contributed by atoms with Gasteiger partial charge in [-0.3, -0.25) is 4.79 Å². The summed E-state index contributed by atoms with van der Waals surface area (Å²) in [5.74, 6) is 0.897. The highest BCUT2D eigenvalue weighted by Crippen LogP contribution is 2.38. The van der Waals surface area contributed by atoms with Crippen molar-refractivity contribution in [2.75, 3.05) is 12.9 Å². The van der Waals surface area contributed by atoms with Gasteiger partial charge in [-0.25, -0.2) is 9.97 Å². The summed E-state index contributed by atoms with van der Waals surface area (Å²) in [6.45, 7) is 0. The van der Waals surface area contributed by atoms with E-state index in [1.165, 1.54) is 11.8 Å². The zero-order chi connectivity index (χ0) is 18.6. The number of ketones is 1. The Hall–Kier alpha value is -2.70. The van der Waals surface area contributed by atoms with Crippen LogP contribution in [0.1, 0.15) is 10.4 Å². The number of methoxy groups -OCH3 is 1. The summed E-state index contributed by atoms with van der Waals surface area (Å²) in [7, 11) is 1.57. The third kappa shape index (κ3) is 3.59. The molecule has 4 rings (SSSR count). The molecule has 0 radical (unpaired) electrons. The Bertz CT molecular complexity index is 1090. The molecule has 27 heavy (non-hydrogen) atoms. The molecule has 0 saturated carbocycles. The van der Waals surface area contributed by atoms with Crippen LogP contribution in [-0.4, -0.2) is 28.6 Å². The lowest BCUT2D eigenvalue weighted by Gasteiger charge is -2.08. The molecule has 2 aromatic heterocycles. The van der Waals surface area contributed by atoms with Gasteiger partial charge >= 0.3 is 0 Å². The number of carbonyl (C=O) groups excluding carboxylic acids is 1. The highest BCUT2D eigenvalue weighted by Gasteiger charge is 2.16. The molecule has 0 bridgehead atoms. The molecule has 0 fully saturated rings. The molecule has 134 valence electrons. The molecule has 4 nitrogen and oxygen atoms in total. The normalized spacial score (nSPS) is 10.9. The van der Waals surface area contributed by atoms with Gasteiger partial charge in [0.15, 0.2) is 5.78 Å². The van der Waals surface area contributed by atoms with Gasteiger partial charge in [-0.15, -0.1) is 11.3 Å². The number of para-hydroxylation sites is 1. The average molecular weight is 393 g/mol. The number of Topliss-reactive ketones (excluding diaryl/α,β-unsaturated/α-hetero) is 1. The largest absolute Gasteiger partial charge is 0.496 e. The van der Waals surface area contributed by atoms with Crippen molar-refractivity contribution in [3.63, 3.8) is 0 Å². The van der Waals surface area contributed by atoms with Gasteiger partial charge in [-0.1, -0.05) is 54.2 Å². The Kier molecular flexibility index (Phi) is 5.18. The van der Waals surface area contributed by atoms with Crippen LogP contribution in [0.3, 0.4) is 0 Å². The van der Waals surface area contributed by atoms with Crippen LogP contribution in [0.2, 0.25) is 0 Å². The third-order valence-electron chi connectivity index (χ3n) is 4.17. The third-order valence-corrected chi connectivity index (χ3v) is 6.04. The van der Waals surface area contributed by atoms with Gasteiger partial charge < -0.3 is 4.74 Å². The van der Waals surface area contributed by atoms with Crippen LogP contribution in [0.25, 0.3) is 21.3 Å².